The van der Waals surface area contributed by atoms with Crippen molar-refractivity contribution in [3.8, 4) is 0 Å². The monoisotopic (exact) mass is 290 g/mol. The third-order valence-corrected chi connectivity index (χ3v) is 2.99. The molecule has 1 rings (SSSR count). The van der Waals surface area contributed by atoms with Crippen molar-refractivity contribution in [1.82, 2.24) is 10.3 Å². The number of carboxylic acid groups (broad SMARTS) is 1. The Hall–Kier alpha value is -2.17. The van der Waals surface area contributed by atoms with E-state index in [9.17, 15) is 9.59 Å². The standard InChI is InChI=1S/C16H22N2O3/c1-11(2)4-5-12(3)18-16(21)14-8-6-13(10-17-14)7-9-15(19)20/h6-12H,4-5H2,1-3H3,(H,18,21)(H,19,20). The van der Waals surface area contributed by atoms with Crippen molar-refractivity contribution < 1.29 is 14.7 Å². The van der Waals surface area contributed by atoms with Crippen LogP contribution in [0.15, 0.2) is 24.4 Å². The van der Waals surface area contributed by atoms with Crippen molar-refractivity contribution in [2.45, 2.75) is 39.7 Å². The molecule has 1 amide bonds. The summed E-state index contributed by atoms with van der Waals surface area (Å²) < 4.78 is 0. The molecule has 1 heterocycles. The molecule has 0 spiro atoms. The van der Waals surface area contributed by atoms with Crippen molar-refractivity contribution in [3.63, 3.8) is 0 Å². The molecule has 5 heteroatoms. The Kier molecular flexibility index (Phi) is 6.59. The van der Waals surface area contributed by atoms with E-state index in [2.05, 4.69) is 24.1 Å². The second-order valence-corrected chi connectivity index (χ2v) is 5.49. The fraction of sp³-hybridized carbons (Fsp3) is 0.438. The summed E-state index contributed by atoms with van der Waals surface area (Å²) in [7, 11) is 0. The summed E-state index contributed by atoms with van der Waals surface area (Å²) in [5.41, 5.74) is 0.973. The predicted molar refractivity (Wildman–Crippen MR) is 81.9 cm³/mol. The van der Waals surface area contributed by atoms with E-state index in [0.717, 1.165) is 18.9 Å². The van der Waals surface area contributed by atoms with Gasteiger partial charge >= 0.3 is 5.97 Å². The van der Waals surface area contributed by atoms with Crippen molar-refractivity contribution in [1.29, 1.82) is 0 Å². The quantitative estimate of drug-likeness (QED) is 0.757. The van der Waals surface area contributed by atoms with E-state index in [0.29, 0.717) is 17.2 Å². The number of hydrogen-bond donors (Lipinski definition) is 2. The number of carboxylic acids is 1. The van der Waals surface area contributed by atoms with Gasteiger partial charge < -0.3 is 10.4 Å². The molecule has 0 aliphatic carbocycles. The molecule has 114 valence electrons. The van der Waals surface area contributed by atoms with Gasteiger partial charge in [-0.3, -0.25) is 9.78 Å². The van der Waals surface area contributed by atoms with Crippen LogP contribution in [0.2, 0.25) is 0 Å². The van der Waals surface area contributed by atoms with Crippen LogP contribution >= 0.6 is 0 Å². The van der Waals surface area contributed by atoms with Crippen LogP contribution in [0.25, 0.3) is 6.08 Å². The van der Waals surface area contributed by atoms with Gasteiger partial charge in [0, 0.05) is 18.3 Å². The first-order chi connectivity index (χ1) is 9.88. The Labute approximate surface area is 125 Å². The minimum Gasteiger partial charge on any atom is -0.478 e. The first-order valence-corrected chi connectivity index (χ1v) is 7.06. The number of nitrogens with zero attached hydrogens (tertiary/aromatic N) is 1. The molecule has 0 saturated carbocycles. The van der Waals surface area contributed by atoms with Gasteiger partial charge in [-0.15, -0.1) is 0 Å². The molecule has 2 N–H and O–H groups in total. The SMILES string of the molecule is CC(C)CCC(C)NC(=O)c1ccc(C=CC(=O)O)cn1. The third-order valence-electron chi connectivity index (χ3n) is 2.99. The molecule has 1 aromatic heterocycles. The Morgan fingerprint density at radius 3 is 2.52 bits per heavy atom. The molecule has 0 aromatic carbocycles. The fourth-order valence-corrected chi connectivity index (χ4v) is 1.76. The van der Waals surface area contributed by atoms with Gasteiger partial charge in [-0.05, 0) is 43.4 Å². The second kappa shape index (κ2) is 8.19. The fourth-order valence-electron chi connectivity index (χ4n) is 1.76. The zero-order valence-corrected chi connectivity index (χ0v) is 12.7. The molecule has 5 nitrogen and oxygen atoms in total. The third kappa shape index (κ3) is 6.70. The largest absolute Gasteiger partial charge is 0.478 e. The molecule has 0 aliphatic heterocycles. The van der Waals surface area contributed by atoms with Crippen molar-refractivity contribution in [2.75, 3.05) is 0 Å². The minimum atomic E-state index is -1.02. The Morgan fingerprint density at radius 2 is 2.00 bits per heavy atom. The number of aliphatic carboxylic acids is 1. The lowest BCUT2D eigenvalue weighted by atomic mass is 10.0. The topological polar surface area (TPSA) is 79.3 Å². The van der Waals surface area contributed by atoms with Gasteiger partial charge in [0.05, 0.1) is 0 Å². The summed E-state index contributed by atoms with van der Waals surface area (Å²) in [6.45, 7) is 6.28. The van der Waals surface area contributed by atoms with Gasteiger partial charge in [-0.25, -0.2) is 4.79 Å². The maximum atomic E-state index is 12.0. The highest BCUT2D eigenvalue weighted by molar-refractivity contribution is 5.92. The predicted octanol–water partition coefficient (Wildman–Crippen LogP) is 2.73. The molecule has 1 aromatic rings. The molecule has 1 unspecified atom stereocenters. The van der Waals surface area contributed by atoms with E-state index in [1.54, 1.807) is 12.1 Å². The normalized spacial score (nSPS) is 12.6. The number of aromatic nitrogens is 1. The number of pyridine rings is 1. The zero-order chi connectivity index (χ0) is 15.8. The minimum absolute atomic E-state index is 0.105. The van der Waals surface area contributed by atoms with E-state index in [1.807, 2.05) is 6.92 Å². The summed E-state index contributed by atoms with van der Waals surface area (Å²) in [4.78, 5) is 26.4. The smallest absolute Gasteiger partial charge is 0.328 e. The van der Waals surface area contributed by atoms with Crippen LogP contribution in [0.1, 0.15) is 49.7 Å². The molecular weight excluding hydrogens is 268 g/mol. The Balaban J connectivity index is 2.57. The van der Waals surface area contributed by atoms with Gasteiger partial charge in [0.25, 0.3) is 5.91 Å². The van der Waals surface area contributed by atoms with E-state index in [4.69, 9.17) is 5.11 Å². The van der Waals surface area contributed by atoms with Crippen LogP contribution in [0.4, 0.5) is 0 Å². The first-order valence-electron chi connectivity index (χ1n) is 7.06. The summed E-state index contributed by atoms with van der Waals surface area (Å²) in [5.74, 6) is -0.612. The Bertz CT molecular complexity index is 507. The van der Waals surface area contributed by atoms with Crippen LogP contribution in [0, 0.1) is 5.92 Å². The van der Waals surface area contributed by atoms with Crippen LogP contribution < -0.4 is 5.32 Å². The number of carbonyl (C=O) groups is 2. The molecular formula is C16H22N2O3. The molecule has 21 heavy (non-hydrogen) atoms. The number of hydrogen-bond acceptors (Lipinski definition) is 3. The summed E-state index contributed by atoms with van der Waals surface area (Å²) >= 11 is 0. The van der Waals surface area contributed by atoms with E-state index in [1.165, 1.54) is 12.3 Å². The summed E-state index contributed by atoms with van der Waals surface area (Å²) in [5, 5.41) is 11.4. The van der Waals surface area contributed by atoms with Crippen LogP contribution in [0.3, 0.4) is 0 Å². The lowest BCUT2D eigenvalue weighted by molar-refractivity contribution is -0.131. The first kappa shape index (κ1) is 16.9. The van der Waals surface area contributed by atoms with Gasteiger partial charge in [0.2, 0.25) is 0 Å². The zero-order valence-electron chi connectivity index (χ0n) is 12.7. The Morgan fingerprint density at radius 1 is 1.29 bits per heavy atom. The highest BCUT2D eigenvalue weighted by Gasteiger charge is 2.11. The van der Waals surface area contributed by atoms with Gasteiger partial charge in [-0.1, -0.05) is 19.9 Å². The maximum Gasteiger partial charge on any atom is 0.328 e. The van der Waals surface area contributed by atoms with E-state index in [-0.39, 0.29) is 11.9 Å². The number of nitrogens with one attached hydrogen (secondary N) is 1. The maximum absolute atomic E-state index is 12.0. The molecule has 0 saturated heterocycles. The number of rotatable bonds is 7. The summed E-state index contributed by atoms with van der Waals surface area (Å²) in [6.07, 6.45) is 5.94. The molecule has 0 radical (unpaired) electrons. The van der Waals surface area contributed by atoms with Crippen LogP contribution in [0.5, 0.6) is 0 Å². The van der Waals surface area contributed by atoms with Crippen molar-refractivity contribution in [2.24, 2.45) is 5.92 Å². The number of amides is 1. The lowest BCUT2D eigenvalue weighted by Crippen LogP contribution is -2.33. The van der Waals surface area contributed by atoms with E-state index >= 15 is 0 Å². The average molecular weight is 290 g/mol. The average Bonchev–Trinajstić information content (AvgIpc) is 2.43. The van der Waals surface area contributed by atoms with Gasteiger partial charge in [0.1, 0.15) is 5.69 Å². The highest BCUT2D eigenvalue weighted by Crippen LogP contribution is 2.08. The molecule has 0 aliphatic rings. The van der Waals surface area contributed by atoms with Crippen molar-refractivity contribution in [3.05, 3.63) is 35.7 Å². The molecule has 0 bridgehead atoms. The van der Waals surface area contributed by atoms with E-state index < -0.39 is 5.97 Å². The highest BCUT2D eigenvalue weighted by atomic mass is 16.4. The van der Waals surface area contributed by atoms with Crippen LogP contribution in [-0.4, -0.2) is 28.0 Å². The molecule has 0 fully saturated rings. The van der Waals surface area contributed by atoms with Crippen LogP contribution in [-0.2, 0) is 4.79 Å². The molecule has 1 atom stereocenters. The van der Waals surface area contributed by atoms with Crippen molar-refractivity contribution >= 4 is 18.0 Å². The van der Waals surface area contributed by atoms with Gasteiger partial charge in [-0.2, -0.15) is 0 Å². The lowest BCUT2D eigenvalue weighted by Gasteiger charge is -2.14. The second-order valence-electron chi connectivity index (χ2n) is 5.49. The number of carbonyl (C=O) groups excluding carboxylic acids is 1. The van der Waals surface area contributed by atoms with Gasteiger partial charge in [0.15, 0.2) is 0 Å². The summed E-state index contributed by atoms with van der Waals surface area (Å²) in [6, 6.07) is 3.36.